The van der Waals surface area contributed by atoms with Crippen molar-refractivity contribution >= 4 is 44.7 Å². The lowest BCUT2D eigenvalue weighted by Crippen LogP contribution is -2.10. The van der Waals surface area contributed by atoms with Crippen LogP contribution in [-0.4, -0.2) is 8.42 Å². The molecule has 0 fully saturated rings. The van der Waals surface area contributed by atoms with Crippen molar-refractivity contribution in [2.24, 2.45) is 5.14 Å². The largest absolute Gasteiger partial charge is 0.249 e. The standard InChI is InChI=1S/C10H8ClNO2S3/c11-8-6-9(16-10(8)17(12,13)14)15-7-4-2-1-3-5-7/h1-6H,(H2,12,13,14). The minimum atomic E-state index is -3.73. The van der Waals surface area contributed by atoms with Gasteiger partial charge in [0.1, 0.15) is 0 Å². The van der Waals surface area contributed by atoms with Crippen LogP contribution in [0.1, 0.15) is 0 Å². The molecule has 1 heterocycles. The molecule has 0 aliphatic rings. The fraction of sp³-hybridized carbons (Fsp3) is 0. The maximum atomic E-state index is 11.2. The normalized spacial score (nSPS) is 11.6. The molecule has 3 nitrogen and oxygen atoms in total. The zero-order valence-corrected chi connectivity index (χ0v) is 11.7. The van der Waals surface area contributed by atoms with Crippen LogP contribution in [0.25, 0.3) is 0 Å². The van der Waals surface area contributed by atoms with Gasteiger partial charge < -0.3 is 0 Å². The summed E-state index contributed by atoms with van der Waals surface area (Å²) in [5.74, 6) is 0. The Labute approximate surface area is 113 Å². The number of nitrogens with two attached hydrogens (primary N) is 1. The quantitative estimate of drug-likeness (QED) is 0.947. The number of hydrogen-bond donors (Lipinski definition) is 1. The van der Waals surface area contributed by atoms with E-state index in [1.807, 2.05) is 30.3 Å². The third-order valence-electron chi connectivity index (χ3n) is 1.85. The average Bonchev–Trinajstić information content (AvgIpc) is 2.60. The highest BCUT2D eigenvalue weighted by molar-refractivity contribution is 8.01. The Bertz CT molecular complexity index is 622. The highest BCUT2D eigenvalue weighted by Crippen LogP contribution is 2.39. The summed E-state index contributed by atoms with van der Waals surface area (Å²) in [6, 6.07) is 11.2. The Morgan fingerprint density at radius 1 is 1.24 bits per heavy atom. The molecule has 1 aromatic heterocycles. The summed E-state index contributed by atoms with van der Waals surface area (Å²) >= 11 is 8.37. The molecule has 0 saturated heterocycles. The molecule has 0 saturated carbocycles. The summed E-state index contributed by atoms with van der Waals surface area (Å²) in [5.41, 5.74) is 0. The monoisotopic (exact) mass is 305 g/mol. The van der Waals surface area contributed by atoms with Gasteiger partial charge in [0.25, 0.3) is 0 Å². The number of hydrogen-bond acceptors (Lipinski definition) is 4. The lowest BCUT2D eigenvalue weighted by molar-refractivity contribution is 0.600. The topological polar surface area (TPSA) is 60.2 Å². The second-order valence-electron chi connectivity index (χ2n) is 3.16. The molecule has 0 aliphatic carbocycles. The van der Waals surface area contributed by atoms with Crippen LogP contribution >= 0.6 is 34.7 Å². The SMILES string of the molecule is NS(=O)(=O)c1sc(Sc2ccccc2)cc1Cl. The summed E-state index contributed by atoms with van der Waals surface area (Å²) in [6.45, 7) is 0. The Kier molecular flexibility index (Phi) is 3.79. The van der Waals surface area contributed by atoms with Crippen LogP contribution in [0.15, 0.2) is 49.7 Å². The minimum absolute atomic E-state index is 0.0117. The fourth-order valence-electron chi connectivity index (χ4n) is 1.18. The van der Waals surface area contributed by atoms with Gasteiger partial charge in [0.15, 0.2) is 4.21 Å². The van der Waals surface area contributed by atoms with E-state index in [2.05, 4.69) is 0 Å². The maximum absolute atomic E-state index is 11.2. The van der Waals surface area contributed by atoms with Crippen molar-refractivity contribution in [3.05, 3.63) is 41.4 Å². The van der Waals surface area contributed by atoms with Crippen LogP contribution in [0.4, 0.5) is 0 Å². The van der Waals surface area contributed by atoms with Crippen LogP contribution in [0.2, 0.25) is 5.02 Å². The zero-order valence-electron chi connectivity index (χ0n) is 8.46. The van der Waals surface area contributed by atoms with Gasteiger partial charge in [-0.2, -0.15) is 0 Å². The number of rotatable bonds is 3. The highest BCUT2D eigenvalue weighted by Gasteiger charge is 2.17. The molecule has 7 heteroatoms. The van der Waals surface area contributed by atoms with Crippen molar-refractivity contribution in [3.63, 3.8) is 0 Å². The molecule has 0 radical (unpaired) electrons. The first-order chi connectivity index (χ1) is 7.97. The number of sulfonamides is 1. The molecule has 0 unspecified atom stereocenters. The lowest BCUT2D eigenvalue weighted by atomic mass is 10.4. The molecule has 0 amide bonds. The maximum Gasteiger partial charge on any atom is 0.249 e. The molecule has 90 valence electrons. The van der Waals surface area contributed by atoms with Gasteiger partial charge in [-0.15, -0.1) is 11.3 Å². The Morgan fingerprint density at radius 3 is 2.41 bits per heavy atom. The predicted octanol–water partition coefficient (Wildman–Crippen LogP) is 3.20. The molecule has 0 spiro atoms. The second-order valence-corrected chi connectivity index (χ2v) is 7.75. The first kappa shape index (κ1) is 12.9. The number of benzene rings is 1. The van der Waals surface area contributed by atoms with Crippen molar-refractivity contribution in [2.45, 2.75) is 13.3 Å². The van der Waals surface area contributed by atoms with E-state index in [1.54, 1.807) is 6.07 Å². The molecule has 0 bridgehead atoms. The van der Waals surface area contributed by atoms with Crippen LogP contribution in [0.3, 0.4) is 0 Å². The Balaban J connectivity index is 2.31. The van der Waals surface area contributed by atoms with E-state index in [0.29, 0.717) is 0 Å². The van der Waals surface area contributed by atoms with Crippen LogP contribution < -0.4 is 5.14 Å². The van der Waals surface area contributed by atoms with Crippen molar-refractivity contribution in [1.29, 1.82) is 0 Å². The van der Waals surface area contributed by atoms with E-state index in [9.17, 15) is 8.42 Å². The molecule has 2 N–H and O–H groups in total. The number of thiophene rings is 1. The second kappa shape index (κ2) is 4.99. The van der Waals surface area contributed by atoms with Gasteiger partial charge in [-0.3, -0.25) is 0 Å². The van der Waals surface area contributed by atoms with E-state index in [0.717, 1.165) is 20.4 Å². The molecule has 0 aliphatic heterocycles. The van der Waals surface area contributed by atoms with Crippen LogP contribution in [0.5, 0.6) is 0 Å². The third kappa shape index (κ3) is 3.23. The van der Waals surface area contributed by atoms with Gasteiger partial charge in [-0.05, 0) is 18.2 Å². The van der Waals surface area contributed by atoms with Gasteiger partial charge in [0.05, 0.1) is 9.23 Å². The average molecular weight is 306 g/mol. The third-order valence-corrected chi connectivity index (χ3v) is 6.11. The van der Waals surface area contributed by atoms with Crippen molar-refractivity contribution < 1.29 is 8.42 Å². The molecular weight excluding hydrogens is 298 g/mol. The molecule has 17 heavy (non-hydrogen) atoms. The van der Waals surface area contributed by atoms with E-state index < -0.39 is 10.0 Å². The summed E-state index contributed by atoms with van der Waals surface area (Å²) in [6.07, 6.45) is 0. The summed E-state index contributed by atoms with van der Waals surface area (Å²) < 4.78 is 23.2. The zero-order chi connectivity index (χ0) is 12.5. The summed E-state index contributed by atoms with van der Waals surface area (Å²) in [5, 5.41) is 5.23. The van der Waals surface area contributed by atoms with Gasteiger partial charge in [0, 0.05) is 4.90 Å². The van der Waals surface area contributed by atoms with Gasteiger partial charge in [0.2, 0.25) is 10.0 Å². The number of primary sulfonamides is 1. The van der Waals surface area contributed by atoms with Crippen LogP contribution in [0, 0.1) is 0 Å². The lowest BCUT2D eigenvalue weighted by Gasteiger charge is -1.96. The van der Waals surface area contributed by atoms with Gasteiger partial charge in [-0.25, -0.2) is 13.6 Å². The van der Waals surface area contributed by atoms with Crippen molar-refractivity contribution in [1.82, 2.24) is 0 Å². The number of halogens is 1. The van der Waals surface area contributed by atoms with E-state index in [1.165, 1.54) is 11.8 Å². The molecule has 0 atom stereocenters. The molecule has 2 aromatic rings. The van der Waals surface area contributed by atoms with E-state index >= 15 is 0 Å². The summed E-state index contributed by atoms with van der Waals surface area (Å²) in [4.78, 5) is 1.02. The van der Waals surface area contributed by atoms with Gasteiger partial charge >= 0.3 is 0 Å². The molecule has 1 aromatic carbocycles. The predicted molar refractivity (Wildman–Crippen MR) is 71.3 cm³/mol. The highest BCUT2D eigenvalue weighted by atomic mass is 35.5. The molecule has 2 rings (SSSR count). The fourth-order valence-corrected chi connectivity index (χ4v) is 5.00. The van der Waals surface area contributed by atoms with Crippen LogP contribution in [-0.2, 0) is 10.0 Å². The minimum Gasteiger partial charge on any atom is -0.224 e. The Hall–Kier alpha value is -0.530. The van der Waals surface area contributed by atoms with Gasteiger partial charge in [-0.1, -0.05) is 41.6 Å². The molecular formula is C10H8ClNO2S3. The van der Waals surface area contributed by atoms with E-state index in [-0.39, 0.29) is 9.23 Å². The van der Waals surface area contributed by atoms with Crippen molar-refractivity contribution in [3.8, 4) is 0 Å². The smallest absolute Gasteiger partial charge is 0.224 e. The van der Waals surface area contributed by atoms with Crippen molar-refractivity contribution in [2.75, 3.05) is 0 Å². The van der Waals surface area contributed by atoms with E-state index in [4.69, 9.17) is 16.7 Å². The first-order valence-electron chi connectivity index (χ1n) is 4.52. The first-order valence-corrected chi connectivity index (χ1v) is 8.07. The summed E-state index contributed by atoms with van der Waals surface area (Å²) in [7, 11) is -3.73. The Morgan fingerprint density at radius 2 is 1.88 bits per heavy atom.